The summed E-state index contributed by atoms with van der Waals surface area (Å²) in [4.78, 5) is 25.0. The molecule has 0 radical (unpaired) electrons. The van der Waals surface area contributed by atoms with Gasteiger partial charge in [0.15, 0.2) is 0 Å². The zero-order valence-corrected chi connectivity index (χ0v) is 16.2. The van der Waals surface area contributed by atoms with Gasteiger partial charge in [0.2, 0.25) is 5.91 Å². The topological polar surface area (TPSA) is 66.4 Å². The molecule has 1 amide bonds. The first kappa shape index (κ1) is 20.7. The number of hydrogen-bond acceptors (Lipinski definition) is 2. The molecule has 0 bridgehead atoms. The molecule has 0 saturated carbocycles. The lowest BCUT2D eigenvalue weighted by atomic mass is 9.75. The summed E-state index contributed by atoms with van der Waals surface area (Å²) in [6, 6.07) is 18.1. The highest BCUT2D eigenvalue weighted by atomic mass is 16.4. The van der Waals surface area contributed by atoms with Crippen molar-refractivity contribution in [2.75, 3.05) is 0 Å². The zero-order chi connectivity index (χ0) is 19.7. The second-order valence-corrected chi connectivity index (χ2v) is 7.07. The highest BCUT2D eigenvalue weighted by Gasteiger charge is 2.38. The maximum atomic E-state index is 13.3. The fourth-order valence-corrected chi connectivity index (χ4v) is 3.31. The third-order valence-electron chi connectivity index (χ3n) is 5.11. The number of carbonyl (C=O) groups excluding carboxylic acids is 1. The summed E-state index contributed by atoms with van der Waals surface area (Å²) in [5.74, 6) is -1.27. The van der Waals surface area contributed by atoms with Gasteiger partial charge in [-0.2, -0.15) is 0 Å². The van der Waals surface area contributed by atoms with E-state index in [1.807, 2.05) is 67.6 Å². The Labute approximate surface area is 161 Å². The number of benzene rings is 2. The van der Waals surface area contributed by atoms with Crippen LogP contribution in [0.2, 0.25) is 0 Å². The highest BCUT2D eigenvalue weighted by Crippen LogP contribution is 2.32. The largest absolute Gasteiger partial charge is 0.480 e. The van der Waals surface area contributed by atoms with Crippen LogP contribution in [0.3, 0.4) is 0 Å². The van der Waals surface area contributed by atoms with E-state index in [2.05, 4.69) is 12.2 Å². The normalized spacial score (nSPS) is 12.4. The molecule has 27 heavy (non-hydrogen) atoms. The minimum atomic E-state index is -0.983. The van der Waals surface area contributed by atoms with Crippen molar-refractivity contribution in [3.05, 3.63) is 71.8 Å². The lowest BCUT2D eigenvalue weighted by molar-refractivity contribution is -0.142. The predicted octanol–water partition coefficient (Wildman–Crippen LogP) is 4.53. The van der Waals surface area contributed by atoms with Gasteiger partial charge in [0.1, 0.15) is 6.04 Å². The van der Waals surface area contributed by atoms with E-state index in [4.69, 9.17) is 0 Å². The Morgan fingerprint density at radius 2 is 1.44 bits per heavy atom. The van der Waals surface area contributed by atoms with Crippen LogP contribution in [0.1, 0.15) is 57.1 Å². The molecule has 2 aromatic carbocycles. The Bertz CT molecular complexity index is 688. The van der Waals surface area contributed by atoms with Gasteiger partial charge < -0.3 is 10.4 Å². The number of unbranched alkanes of at least 4 members (excludes halogenated alkanes) is 3. The molecule has 2 rings (SSSR count). The van der Waals surface area contributed by atoms with E-state index in [9.17, 15) is 14.7 Å². The number of nitrogens with one attached hydrogen (secondary N) is 1. The van der Waals surface area contributed by atoms with Gasteiger partial charge in [-0.3, -0.25) is 4.79 Å². The molecule has 4 nitrogen and oxygen atoms in total. The molecule has 0 aliphatic rings. The van der Waals surface area contributed by atoms with Crippen LogP contribution in [0.25, 0.3) is 0 Å². The van der Waals surface area contributed by atoms with Crippen LogP contribution in [-0.2, 0) is 15.0 Å². The van der Waals surface area contributed by atoms with Crippen molar-refractivity contribution < 1.29 is 14.7 Å². The second kappa shape index (κ2) is 9.91. The van der Waals surface area contributed by atoms with E-state index in [0.717, 1.165) is 36.8 Å². The third kappa shape index (κ3) is 5.19. The summed E-state index contributed by atoms with van der Waals surface area (Å²) in [5, 5.41) is 12.4. The van der Waals surface area contributed by atoms with Crippen LogP contribution in [0.5, 0.6) is 0 Å². The number of hydrogen-bond donors (Lipinski definition) is 2. The van der Waals surface area contributed by atoms with E-state index >= 15 is 0 Å². The first-order valence-electron chi connectivity index (χ1n) is 9.65. The Kier molecular flexibility index (Phi) is 7.59. The summed E-state index contributed by atoms with van der Waals surface area (Å²) in [6.45, 7) is 3.96. The van der Waals surface area contributed by atoms with Gasteiger partial charge in [-0.25, -0.2) is 4.79 Å². The van der Waals surface area contributed by atoms with Gasteiger partial charge in [-0.1, -0.05) is 93.3 Å². The fourth-order valence-electron chi connectivity index (χ4n) is 3.31. The van der Waals surface area contributed by atoms with Crippen molar-refractivity contribution in [3.8, 4) is 0 Å². The number of amides is 1. The number of carboxylic acids is 1. The summed E-state index contributed by atoms with van der Waals surface area (Å²) >= 11 is 0. The lowest BCUT2D eigenvalue weighted by Crippen LogP contribution is -2.50. The molecule has 0 spiro atoms. The van der Waals surface area contributed by atoms with Crippen LogP contribution >= 0.6 is 0 Å². The molecular weight excluding hydrogens is 338 g/mol. The Hall–Kier alpha value is -2.62. The number of rotatable bonds is 10. The second-order valence-electron chi connectivity index (χ2n) is 7.07. The van der Waals surface area contributed by atoms with Crippen LogP contribution in [0.4, 0.5) is 0 Å². The summed E-state index contributed by atoms with van der Waals surface area (Å²) in [7, 11) is 0. The fraction of sp³-hybridized carbons (Fsp3) is 0.391. The molecular formula is C23H29NO3. The standard InChI is InChI=1S/C23H29NO3/c1-3-4-5-12-17-20(21(25)26)24-22(27)23(2,18-13-8-6-9-14-18)19-15-10-7-11-16-19/h6-11,13-16,20H,3-5,12,17H2,1-2H3,(H,24,27)(H,25,26)/t20-/m1/s1. The minimum Gasteiger partial charge on any atom is -0.480 e. The van der Waals surface area contributed by atoms with Crippen molar-refractivity contribution in [2.45, 2.75) is 57.4 Å². The number of carbonyl (C=O) groups is 2. The van der Waals surface area contributed by atoms with E-state index in [-0.39, 0.29) is 5.91 Å². The molecule has 0 saturated heterocycles. The van der Waals surface area contributed by atoms with Crippen molar-refractivity contribution in [2.24, 2.45) is 0 Å². The van der Waals surface area contributed by atoms with Crippen molar-refractivity contribution in [1.82, 2.24) is 5.32 Å². The van der Waals surface area contributed by atoms with Crippen molar-refractivity contribution in [3.63, 3.8) is 0 Å². The van der Waals surface area contributed by atoms with Gasteiger partial charge in [-0.15, -0.1) is 0 Å². The molecule has 2 aromatic rings. The SMILES string of the molecule is CCCCCC[C@@H](NC(=O)C(C)(c1ccccc1)c1ccccc1)C(=O)O. The molecule has 0 aromatic heterocycles. The quantitative estimate of drug-likeness (QED) is 0.606. The monoisotopic (exact) mass is 367 g/mol. The van der Waals surface area contributed by atoms with Crippen LogP contribution in [0, 0.1) is 0 Å². The predicted molar refractivity (Wildman–Crippen MR) is 108 cm³/mol. The molecule has 0 aliphatic heterocycles. The molecule has 0 aliphatic carbocycles. The van der Waals surface area contributed by atoms with E-state index in [1.165, 1.54) is 0 Å². The first-order valence-corrected chi connectivity index (χ1v) is 9.65. The third-order valence-corrected chi connectivity index (χ3v) is 5.11. The van der Waals surface area contributed by atoms with Gasteiger partial charge in [0.25, 0.3) is 0 Å². The van der Waals surface area contributed by atoms with E-state index in [1.54, 1.807) is 0 Å². The Balaban J connectivity index is 2.27. The minimum absolute atomic E-state index is 0.289. The highest BCUT2D eigenvalue weighted by molar-refractivity contribution is 5.94. The molecule has 2 N–H and O–H groups in total. The maximum Gasteiger partial charge on any atom is 0.326 e. The lowest BCUT2D eigenvalue weighted by Gasteiger charge is -2.31. The van der Waals surface area contributed by atoms with Crippen LogP contribution < -0.4 is 5.32 Å². The van der Waals surface area contributed by atoms with Crippen molar-refractivity contribution in [1.29, 1.82) is 0 Å². The van der Waals surface area contributed by atoms with E-state index in [0.29, 0.717) is 6.42 Å². The molecule has 0 fully saturated rings. The average molecular weight is 367 g/mol. The van der Waals surface area contributed by atoms with E-state index < -0.39 is 17.4 Å². The van der Waals surface area contributed by atoms with Crippen LogP contribution in [-0.4, -0.2) is 23.0 Å². The van der Waals surface area contributed by atoms with Gasteiger partial charge >= 0.3 is 5.97 Å². The first-order chi connectivity index (χ1) is 13.0. The Morgan fingerprint density at radius 1 is 0.926 bits per heavy atom. The summed E-state index contributed by atoms with van der Waals surface area (Å²) in [5.41, 5.74) is 0.715. The molecule has 144 valence electrons. The van der Waals surface area contributed by atoms with Crippen molar-refractivity contribution >= 4 is 11.9 Å². The maximum absolute atomic E-state index is 13.3. The van der Waals surface area contributed by atoms with Crippen LogP contribution in [0.15, 0.2) is 60.7 Å². The number of aliphatic carboxylic acids is 1. The number of carboxylic acid groups (broad SMARTS) is 1. The molecule has 0 heterocycles. The summed E-state index contributed by atoms with van der Waals surface area (Å²) in [6.07, 6.45) is 4.38. The average Bonchev–Trinajstić information content (AvgIpc) is 2.70. The van der Waals surface area contributed by atoms with Gasteiger partial charge in [0, 0.05) is 0 Å². The summed E-state index contributed by atoms with van der Waals surface area (Å²) < 4.78 is 0. The molecule has 1 atom stereocenters. The van der Waals surface area contributed by atoms with Gasteiger partial charge in [0.05, 0.1) is 5.41 Å². The Morgan fingerprint density at radius 3 is 1.89 bits per heavy atom. The molecule has 0 unspecified atom stereocenters. The zero-order valence-electron chi connectivity index (χ0n) is 16.2. The smallest absolute Gasteiger partial charge is 0.326 e. The van der Waals surface area contributed by atoms with Gasteiger partial charge in [-0.05, 0) is 24.5 Å². The molecule has 4 heteroatoms.